The highest BCUT2D eigenvalue weighted by Gasteiger charge is 2.36. The monoisotopic (exact) mass is 297 g/mol. The van der Waals surface area contributed by atoms with E-state index in [1.807, 2.05) is 31.2 Å². The van der Waals surface area contributed by atoms with Gasteiger partial charge in [-0.05, 0) is 31.2 Å². The maximum Gasteiger partial charge on any atom is 0.250 e. The first-order chi connectivity index (χ1) is 10.6. The Morgan fingerprint density at radius 3 is 2.09 bits per heavy atom. The predicted octanol–water partition coefficient (Wildman–Crippen LogP) is 3.74. The quantitative estimate of drug-likeness (QED) is 0.811. The summed E-state index contributed by atoms with van der Waals surface area (Å²) >= 11 is 0. The van der Waals surface area contributed by atoms with Crippen molar-refractivity contribution in [3.8, 4) is 11.5 Å². The van der Waals surface area contributed by atoms with Crippen LogP contribution in [-0.4, -0.2) is 30.8 Å². The van der Waals surface area contributed by atoms with Crippen molar-refractivity contribution < 1.29 is 9.47 Å². The molecule has 3 heteroatoms. The van der Waals surface area contributed by atoms with Gasteiger partial charge in [-0.1, -0.05) is 42.5 Å². The lowest BCUT2D eigenvalue weighted by Crippen LogP contribution is -2.39. The largest absolute Gasteiger partial charge is 0.449 e. The fourth-order valence-electron chi connectivity index (χ4n) is 2.68. The molecular weight excluding hydrogens is 274 g/mol. The molecule has 0 N–H and O–H groups in total. The lowest BCUT2D eigenvalue weighted by molar-refractivity contribution is -0.0721. The van der Waals surface area contributed by atoms with Crippen molar-refractivity contribution in [3.63, 3.8) is 0 Å². The number of hydrogen-bond donors (Lipinski definition) is 0. The molecule has 0 aromatic heterocycles. The molecule has 0 amide bonds. The Balaban J connectivity index is 1.46. The van der Waals surface area contributed by atoms with Crippen molar-refractivity contribution in [1.82, 2.24) is 4.90 Å². The Labute approximate surface area is 132 Å². The van der Waals surface area contributed by atoms with Crippen LogP contribution >= 0.6 is 0 Å². The molecule has 0 unspecified atom stereocenters. The third-order valence-electron chi connectivity index (χ3n) is 4.07. The lowest BCUT2D eigenvalue weighted by Gasteiger charge is -2.26. The minimum absolute atomic E-state index is 0.551. The summed E-state index contributed by atoms with van der Waals surface area (Å²) in [5, 5.41) is 0. The van der Waals surface area contributed by atoms with Crippen LogP contribution in [0, 0.1) is 0 Å². The molecule has 1 heterocycles. The van der Waals surface area contributed by atoms with Gasteiger partial charge in [0.15, 0.2) is 11.5 Å². The lowest BCUT2D eigenvalue weighted by atomic mass is 10.1. The van der Waals surface area contributed by atoms with Crippen LogP contribution in [0.3, 0.4) is 0 Å². The van der Waals surface area contributed by atoms with Crippen molar-refractivity contribution >= 4 is 0 Å². The highest BCUT2D eigenvalue weighted by molar-refractivity contribution is 5.42. The van der Waals surface area contributed by atoms with E-state index in [-0.39, 0.29) is 0 Å². The number of rotatable bonds is 6. The maximum absolute atomic E-state index is 5.96. The van der Waals surface area contributed by atoms with E-state index in [1.54, 1.807) is 0 Å². The van der Waals surface area contributed by atoms with Gasteiger partial charge in [0.1, 0.15) is 0 Å². The molecule has 0 fully saturated rings. The van der Waals surface area contributed by atoms with Gasteiger partial charge in [0.2, 0.25) is 5.79 Å². The summed E-state index contributed by atoms with van der Waals surface area (Å²) in [4.78, 5) is 2.33. The number of hydrogen-bond acceptors (Lipinski definition) is 3. The van der Waals surface area contributed by atoms with E-state index in [1.165, 1.54) is 5.56 Å². The maximum atomic E-state index is 5.96. The van der Waals surface area contributed by atoms with Crippen LogP contribution in [0.4, 0.5) is 0 Å². The van der Waals surface area contributed by atoms with Gasteiger partial charge in [0.05, 0.1) is 0 Å². The number of benzene rings is 2. The van der Waals surface area contributed by atoms with Crippen molar-refractivity contribution in [1.29, 1.82) is 0 Å². The first-order valence-corrected chi connectivity index (χ1v) is 7.84. The van der Waals surface area contributed by atoms with Crippen LogP contribution in [0.5, 0.6) is 11.5 Å². The van der Waals surface area contributed by atoms with Gasteiger partial charge in [-0.3, -0.25) is 0 Å². The molecule has 22 heavy (non-hydrogen) atoms. The first kappa shape index (κ1) is 14.9. The Morgan fingerprint density at radius 1 is 0.864 bits per heavy atom. The van der Waals surface area contributed by atoms with Gasteiger partial charge in [-0.15, -0.1) is 0 Å². The second kappa shape index (κ2) is 6.41. The predicted molar refractivity (Wildman–Crippen MR) is 88.4 cm³/mol. The summed E-state index contributed by atoms with van der Waals surface area (Å²) in [5.41, 5.74) is 1.38. The summed E-state index contributed by atoms with van der Waals surface area (Å²) in [6.45, 7) is 3.99. The van der Waals surface area contributed by atoms with Crippen LogP contribution in [0.2, 0.25) is 0 Å². The second-order valence-corrected chi connectivity index (χ2v) is 6.07. The molecule has 2 aromatic rings. The molecule has 1 aliphatic heterocycles. The molecule has 0 saturated heterocycles. The minimum Gasteiger partial charge on any atom is -0.449 e. The molecule has 116 valence electrons. The minimum atomic E-state index is -0.551. The second-order valence-electron chi connectivity index (χ2n) is 6.07. The zero-order valence-electron chi connectivity index (χ0n) is 13.3. The highest BCUT2D eigenvalue weighted by Crippen LogP contribution is 2.40. The van der Waals surface area contributed by atoms with E-state index >= 15 is 0 Å². The molecule has 0 radical (unpaired) electrons. The molecular formula is C19H23NO2. The zero-order chi connectivity index (χ0) is 15.4. The average Bonchev–Trinajstić information content (AvgIpc) is 2.88. The summed E-state index contributed by atoms with van der Waals surface area (Å²) in [7, 11) is 2.15. The zero-order valence-corrected chi connectivity index (χ0v) is 13.3. The first-order valence-electron chi connectivity index (χ1n) is 7.84. The van der Waals surface area contributed by atoms with Gasteiger partial charge in [-0.25, -0.2) is 0 Å². The Kier molecular flexibility index (Phi) is 4.34. The number of likely N-dealkylation sites (N-methyl/N-ethyl adjacent to an activating group) is 1. The van der Waals surface area contributed by atoms with Gasteiger partial charge >= 0.3 is 0 Å². The van der Waals surface area contributed by atoms with Crippen LogP contribution < -0.4 is 9.47 Å². The fourth-order valence-corrected chi connectivity index (χ4v) is 2.68. The summed E-state index contributed by atoms with van der Waals surface area (Å²) in [6, 6.07) is 18.4. The van der Waals surface area contributed by atoms with E-state index in [0.717, 1.165) is 37.4 Å². The summed E-state index contributed by atoms with van der Waals surface area (Å²) in [5.74, 6) is 1.14. The van der Waals surface area contributed by atoms with Crippen LogP contribution in [-0.2, 0) is 6.42 Å². The van der Waals surface area contributed by atoms with Crippen molar-refractivity contribution in [2.75, 3.05) is 20.1 Å². The van der Waals surface area contributed by atoms with E-state index in [4.69, 9.17) is 9.47 Å². The van der Waals surface area contributed by atoms with E-state index in [2.05, 4.69) is 42.3 Å². The molecule has 0 atom stereocenters. The molecule has 3 rings (SSSR count). The van der Waals surface area contributed by atoms with E-state index in [9.17, 15) is 0 Å². The normalized spacial score (nSPS) is 15.2. The van der Waals surface area contributed by atoms with E-state index in [0.29, 0.717) is 0 Å². The Hall–Kier alpha value is -2.00. The van der Waals surface area contributed by atoms with Crippen LogP contribution in [0.15, 0.2) is 54.6 Å². The summed E-state index contributed by atoms with van der Waals surface area (Å²) in [6.07, 6.45) is 1.91. The molecule has 3 nitrogen and oxygen atoms in total. The number of para-hydroxylation sites is 2. The van der Waals surface area contributed by atoms with Gasteiger partial charge in [0.25, 0.3) is 0 Å². The third-order valence-corrected chi connectivity index (χ3v) is 4.07. The van der Waals surface area contributed by atoms with Gasteiger partial charge in [0, 0.05) is 26.4 Å². The van der Waals surface area contributed by atoms with Gasteiger partial charge in [-0.2, -0.15) is 0 Å². The Bertz CT molecular complexity index is 587. The fraction of sp³-hybridized carbons (Fsp3) is 0.368. The SMILES string of the molecule is CN(CCc1ccccc1)CCC1(C)Oc2ccccc2O1. The average molecular weight is 297 g/mol. The molecule has 0 aliphatic carbocycles. The van der Waals surface area contributed by atoms with E-state index < -0.39 is 5.79 Å². The molecule has 2 aromatic carbocycles. The molecule has 0 saturated carbocycles. The summed E-state index contributed by atoms with van der Waals surface area (Å²) < 4.78 is 11.9. The van der Waals surface area contributed by atoms with Crippen LogP contribution in [0.25, 0.3) is 0 Å². The number of fused-ring (bicyclic) bond motifs is 1. The van der Waals surface area contributed by atoms with Gasteiger partial charge < -0.3 is 14.4 Å². The van der Waals surface area contributed by atoms with Crippen LogP contribution in [0.1, 0.15) is 18.9 Å². The van der Waals surface area contributed by atoms with Crippen molar-refractivity contribution in [2.24, 2.45) is 0 Å². The molecule has 0 spiro atoms. The third kappa shape index (κ3) is 3.60. The Morgan fingerprint density at radius 2 is 1.45 bits per heavy atom. The highest BCUT2D eigenvalue weighted by atomic mass is 16.7. The number of ether oxygens (including phenoxy) is 2. The molecule has 0 bridgehead atoms. The molecule has 1 aliphatic rings. The number of nitrogens with zero attached hydrogens (tertiary/aromatic N) is 1. The topological polar surface area (TPSA) is 21.7 Å². The van der Waals surface area contributed by atoms with Crippen molar-refractivity contribution in [2.45, 2.75) is 25.6 Å². The smallest absolute Gasteiger partial charge is 0.250 e. The standard InChI is InChI=1S/C19H23NO2/c1-19(21-17-10-6-7-11-18(17)22-19)13-15-20(2)14-12-16-8-4-3-5-9-16/h3-11H,12-15H2,1-2H3. The van der Waals surface area contributed by atoms with Crippen molar-refractivity contribution in [3.05, 3.63) is 60.2 Å².